The van der Waals surface area contributed by atoms with Gasteiger partial charge < -0.3 is 55.1 Å². The number of allylic oxidation sites excluding steroid dienone is 2. The number of Topliss-reactive ketones (excluding diaryl/α,β-unsaturated/α-hetero) is 1. The van der Waals surface area contributed by atoms with Crippen molar-refractivity contribution >= 4 is 34.1 Å². The molecular formula is C39H52N2O12. The first-order valence-electron chi connectivity index (χ1n) is 17.5. The van der Waals surface area contributed by atoms with Gasteiger partial charge in [0.05, 0.1) is 41.2 Å². The van der Waals surface area contributed by atoms with Crippen LogP contribution in [0.1, 0.15) is 70.0 Å². The van der Waals surface area contributed by atoms with Gasteiger partial charge in [-0.25, -0.2) is 0 Å². The average molecular weight is 741 g/mol. The molecule has 0 aromatic heterocycles. The Balaban J connectivity index is 1.94. The van der Waals surface area contributed by atoms with Crippen molar-refractivity contribution in [3.63, 3.8) is 0 Å². The number of esters is 1. The van der Waals surface area contributed by atoms with Crippen LogP contribution in [0.25, 0.3) is 10.8 Å². The number of aromatic hydroxyl groups is 3. The number of hydrogen-bond donors (Lipinski definition) is 7. The van der Waals surface area contributed by atoms with Crippen molar-refractivity contribution in [2.75, 3.05) is 19.5 Å². The molecule has 0 radical (unpaired) electrons. The molecule has 3 heterocycles. The number of hydrogen-bond acceptors (Lipinski definition) is 13. The highest BCUT2D eigenvalue weighted by Gasteiger charge is 2.50. The normalized spacial score (nSPS) is 29.8. The van der Waals surface area contributed by atoms with Crippen LogP contribution in [0.4, 0.5) is 5.69 Å². The number of methoxy groups -OCH3 is 1. The highest BCUT2D eigenvalue weighted by Crippen LogP contribution is 2.55. The van der Waals surface area contributed by atoms with E-state index in [0.717, 1.165) is 0 Å². The topological polar surface area (TPSA) is 213 Å². The first kappa shape index (κ1) is 41.1. The number of ketones is 1. The lowest BCUT2D eigenvalue weighted by molar-refractivity contribution is -0.160. The number of fused-ring (bicyclic) bond motifs is 14. The summed E-state index contributed by atoms with van der Waals surface area (Å²) in [5.41, 5.74) is -0.0314. The van der Waals surface area contributed by atoms with E-state index in [4.69, 9.17) is 18.9 Å². The lowest BCUT2D eigenvalue weighted by Gasteiger charge is -2.38. The van der Waals surface area contributed by atoms with Crippen LogP contribution in [0.5, 0.6) is 23.0 Å². The number of aliphatic hydroxyl groups excluding tert-OH is 2. The molecule has 9 atom stereocenters. The van der Waals surface area contributed by atoms with Crippen LogP contribution >= 0.6 is 0 Å². The summed E-state index contributed by atoms with van der Waals surface area (Å²) in [6.07, 6.45) is 3.62. The average Bonchev–Trinajstić information content (AvgIpc) is 3.38. The van der Waals surface area contributed by atoms with E-state index in [-0.39, 0.29) is 51.0 Å². The number of nitrogens with one attached hydrogen (secondary N) is 2. The Morgan fingerprint density at radius 2 is 1.62 bits per heavy atom. The van der Waals surface area contributed by atoms with Crippen molar-refractivity contribution in [3.8, 4) is 23.0 Å². The van der Waals surface area contributed by atoms with Crippen molar-refractivity contribution in [2.24, 2.45) is 23.7 Å². The van der Waals surface area contributed by atoms with Crippen LogP contribution in [0, 0.1) is 30.6 Å². The Kier molecular flexibility index (Phi) is 12.5. The van der Waals surface area contributed by atoms with Crippen LogP contribution in [0.3, 0.4) is 0 Å². The van der Waals surface area contributed by atoms with Gasteiger partial charge >= 0.3 is 11.8 Å². The van der Waals surface area contributed by atoms with Gasteiger partial charge in [0.2, 0.25) is 0 Å². The minimum atomic E-state index is -2.01. The predicted octanol–water partition coefficient (Wildman–Crippen LogP) is 4.47. The number of carbonyl (C=O) groups excluding carboxylic acids is 3. The maximum absolute atomic E-state index is 14.2. The minimum absolute atomic E-state index is 0.0362. The van der Waals surface area contributed by atoms with Crippen LogP contribution < -0.4 is 15.4 Å². The van der Waals surface area contributed by atoms with E-state index in [1.54, 1.807) is 46.9 Å². The second-order valence-electron chi connectivity index (χ2n) is 14.2. The van der Waals surface area contributed by atoms with Gasteiger partial charge in [0.15, 0.2) is 5.75 Å². The molecule has 5 bridgehead atoms. The van der Waals surface area contributed by atoms with Crippen molar-refractivity contribution in [1.29, 1.82) is 0 Å². The van der Waals surface area contributed by atoms with E-state index < -0.39 is 88.8 Å². The lowest BCUT2D eigenvalue weighted by atomic mass is 9.78. The standard InChI is InChI=1S/C39H52N2O12/c1-17-12-11-13-18(2)38(49)41-29-24(16-40-9)33(46)26-27(34(29)47)32(45)22(6)36-28(26)37(48)39(8,53-36)51-15-14-25(50-10)19(3)35(52-23(7)42)21(5)31(44)20(4)30(17)43/h11-15,17,19-21,25,30-31,35,40,43-47H,16H2,1-10H3,(H,41,49)/t17-,19-,20+,21+,25-,30-,31+,35-,39-/m0/s1. The van der Waals surface area contributed by atoms with Gasteiger partial charge in [0.25, 0.3) is 11.7 Å². The van der Waals surface area contributed by atoms with Gasteiger partial charge in [-0.15, -0.1) is 0 Å². The summed E-state index contributed by atoms with van der Waals surface area (Å²) in [5, 5.41) is 62.4. The molecule has 290 valence electrons. The number of ether oxygens (including phenoxy) is 4. The van der Waals surface area contributed by atoms with Gasteiger partial charge in [0, 0.05) is 73.3 Å². The fourth-order valence-corrected chi connectivity index (χ4v) is 7.14. The first-order valence-corrected chi connectivity index (χ1v) is 17.5. The number of amides is 1. The maximum atomic E-state index is 14.2. The molecule has 0 unspecified atom stereocenters. The summed E-state index contributed by atoms with van der Waals surface area (Å²) >= 11 is 0. The van der Waals surface area contributed by atoms with Crippen LogP contribution in [0.2, 0.25) is 0 Å². The molecule has 5 rings (SSSR count). The zero-order valence-electron chi connectivity index (χ0n) is 31.8. The number of rotatable bonds is 4. The Morgan fingerprint density at radius 1 is 0.962 bits per heavy atom. The molecule has 0 saturated carbocycles. The third-order valence-corrected chi connectivity index (χ3v) is 10.4. The SMILES string of the molecule is CNCc1c2c(O)c3c(O)c(C)c4c(c3c1O)C(=O)[C@@](C)(OC=C[C@H](OC)[C@H](C)[C@H](OC(C)=O)[C@H](C)[C@H](O)[C@H](C)[C@@H](O)[C@@H](C)C=CC=C(C)C(=O)N2)O4. The molecule has 3 aliphatic heterocycles. The van der Waals surface area contributed by atoms with E-state index >= 15 is 0 Å². The van der Waals surface area contributed by atoms with Gasteiger partial charge in [-0.1, -0.05) is 45.9 Å². The van der Waals surface area contributed by atoms with Crippen molar-refractivity contribution < 1.29 is 58.9 Å². The predicted molar refractivity (Wildman–Crippen MR) is 197 cm³/mol. The summed E-state index contributed by atoms with van der Waals surface area (Å²) in [5.74, 6) is -8.02. The number of benzene rings is 2. The van der Waals surface area contributed by atoms with E-state index in [1.807, 2.05) is 0 Å². The smallest absolute Gasteiger partial charge is 0.312 e. The van der Waals surface area contributed by atoms with Gasteiger partial charge in [0.1, 0.15) is 23.4 Å². The quantitative estimate of drug-likeness (QED) is 0.131. The fourth-order valence-electron chi connectivity index (χ4n) is 7.14. The zero-order valence-corrected chi connectivity index (χ0v) is 31.8. The first-order chi connectivity index (χ1) is 24.8. The van der Waals surface area contributed by atoms with E-state index in [1.165, 1.54) is 53.2 Å². The number of phenols is 3. The molecule has 0 saturated heterocycles. The molecule has 0 spiro atoms. The fraction of sp³-hybridized carbons (Fsp3) is 0.513. The number of aliphatic hydroxyl groups is 2. The second-order valence-corrected chi connectivity index (χ2v) is 14.2. The summed E-state index contributed by atoms with van der Waals surface area (Å²) in [7, 11) is 3.02. The van der Waals surface area contributed by atoms with Crippen LogP contribution in [-0.2, 0) is 30.3 Å². The third-order valence-electron chi connectivity index (χ3n) is 10.4. The third kappa shape index (κ3) is 7.72. The molecule has 7 N–H and O–H groups in total. The highest BCUT2D eigenvalue weighted by atomic mass is 16.7. The highest BCUT2D eigenvalue weighted by molar-refractivity contribution is 6.22. The molecule has 2 aromatic rings. The molecule has 53 heavy (non-hydrogen) atoms. The second kappa shape index (κ2) is 16.2. The number of carbonyl (C=O) groups is 3. The summed E-state index contributed by atoms with van der Waals surface area (Å²) < 4.78 is 23.4. The van der Waals surface area contributed by atoms with Gasteiger partial charge in [-0.3, -0.25) is 14.4 Å². The van der Waals surface area contributed by atoms with Gasteiger partial charge in [-0.05, 0) is 27.0 Å². The molecule has 14 heteroatoms. The number of anilines is 1. The van der Waals surface area contributed by atoms with Crippen molar-refractivity contribution in [1.82, 2.24) is 5.32 Å². The molecule has 1 amide bonds. The Hall–Kier alpha value is -4.63. The summed E-state index contributed by atoms with van der Waals surface area (Å²) in [6.45, 7) is 12.5. The van der Waals surface area contributed by atoms with Crippen molar-refractivity contribution in [2.45, 2.75) is 92.1 Å². The lowest BCUT2D eigenvalue weighted by Crippen LogP contribution is -2.46. The van der Waals surface area contributed by atoms with Gasteiger partial charge in [-0.2, -0.15) is 0 Å². The van der Waals surface area contributed by atoms with E-state index in [2.05, 4.69) is 10.6 Å². The molecule has 2 aromatic carbocycles. The Labute approximate surface area is 309 Å². The monoisotopic (exact) mass is 740 g/mol. The molecule has 14 nitrogen and oxygen atoms in total. The van der Waals surface area contributed by atoms with Crippen LogP contribution in [0.15, 0.2) is 36.1 Å². The summed E-state index contributed by atoms with van der Waals surface area (Å²) in [6, 6.07) is 0. The summed E-state index contributed by atoms with van der Waals surface area (Å²) in [4.78, 5) is 39.9. The number of phenolic OH excluding ortho intramolecular Hbond substituents is 3. The van der Waals surface area contributed by atoms with Crippen molar-refractivity contribution in [3.05, 3.63) is 52.8 Å². The van der Waals surface area contributed by atoms with E-state index in [0.29, 0.717) is 0 Å². The Bertz CT molecular complexity index is 1850. The Morgan fingerprint density at radius 3 is 2.23 bits per heavy atom. The minimum Gasteiger partial charge on any atom is -0.507 e. The molecule has 0 fully saturated rings. The maximum Gasteiger partial charge on any atom is 0.312 e. The zero-order chi connectivity index (χ0) is 39.7. The largest absolute Gasteiger partial charge is 0.507 e. The van der Waals surface area contributed by atoms with E-state index in [9.17, 15) is 39.9 Å². The van der Waals surface area contributed by atoms with Crippen LogP contribution in [-0.4, -0.2) is 87.6 Å². The molecule has 3 aliphatic rings. The molecule has 0 aliphatic carbocycles. The molecular weight excluding hydrogens is 688 g/mol.